The molecule has 1 saturated carbocycles. The molecule has 2 rings (SSSR count). The molecule has 0 heterocycles. The van der Waals surface area contributed by atoms with Crippen LogP contribution in [0.25, 0.3) is 0 Å². The minimum Gasteiger partial charge on any atom is -0.396 e. The molecular weight excluding hydrogens is 274 g/mol. The van der Waals surface area contributed by atoms with Crippen LogP contribution in [0.2, 0.25) is 0 Å². The minimum absolute atomic E-state index is 0.0237. The topological polar surface area (TPSA) is 49.3 Å². The molecule has 0 saturated heterocycles. The first kappa shape index (κ1) is 16.8. The Morgan fingerprint density at radius 2 is 1.95 bits per heavy atom. The number of aliphatic hydroxyl groups excluding tert-OH is 1. The summed E-state index contributed by atoms with van der Waals surface area (Å²) in [6.07, 6.45) is 10.7. The van der Waals surface area contributed by atoms with Gasteiger partial charge in [0.15, 0.2) is 0 Å². The average molecular weight is 301 g/mol. The maximum absolute atomic E-state index is 12.0. The van der Waals surface area contributed by atoms with Gasteiger partial charge in [0.1, 0.15) is 0 Å². The number of carbonyl (C=O) groups is 1. The Labute approximate surface area is 133 Å². The second-order valence-corrected chi connectivity index (χ2v) is 6.12. The summed E-state index contributed by atoms with van der Waals surface area (Å²) in [7, 11) is 0. The Morgan fingerprint density at radius 3 is 2.64 bits per heavy atom. The Morgan fingerprint density at radius 1 is 1.23 bits per heavy atom. The Hall–Kier alpha value is -1.61. The van der Waals surface area contributed by atoms with Crippen LogP contribution >= 0.6 is 0 Å². The van der Waals surface area contributed by atoms with Crippen LogP contribution in [0.15, 0.2) is 42.5 Å². The van der Waals surface area contributed by atoms with E-state index in [0.717, 1.165) is 5.56 Å². The third kappa shape index (κ3) is 5.64. The van der Waals surface area contributed by atoms with Gasteiger partial charge in [0, 0.05) is 19.1 Å². The van der Waals surface area contributed by atoms with Crippen molar-refractivity contribution in [2.75, 3.05) is 13.2 Å². The third-order valence-electron chi connectivity index (χ3n) is 4.44. The highest BCUT2D eigenvalue weighted by Crippen LogP contribution is 2.24. The summed E-state index contributed by atoms with van der Waals surface area (Å²) in [6.45, 7) is 0.700. The number of amides is 1. The molecule has 0 aliphatic heterocycles. The van der Waals surface area contributed by atoms with Crippen molar-refractivity contribution >= 4 is 5.91 Å². The van der Waals surface area contributed by atoms with E-state index in [-0.39, 0.29) is 18.4 Å². The number of nitrogens with one attached hydrogen (secondary N) is 1. The maximum atomic E-state index is 12.0. The summed E-state index contributed by atoms with van der Waals surface area (Å²) >= 11 is 0. The summed E-state index contributed by atoms with van der Waals surface area (Å²) in [5, 5.41) is 12.2. The monoisotopic (exact) mass is 301 g/mol. The van der Waals surface area contributed by atoms with Gasteiger partial charge in [-0.05, 0) is 36.8 Å². The number of aliphatic hydroxyl groups is 1. The highest BCUT2D eigenvalue weighted by molar-refractivity contribution is 5.87. The molecule has 1 atom stereocenters. The lowest BCUT2D eigenvalue weighted by molar-refractivity contribution is -0.116. The molecule has 1 aliphatic carbocycles. The van der Waals surface area contributed by atoms with Gasteiger partial charge in [-0.3, -0.25) is 4.79 Å². The molecule has 22 heavy (non-hydrogen) atoms. The number of rotatable bonds is 7. The van der Waals surface area contributed by atoms with Crippen LogP contribution in [0.3, 0.4) is 0 Å². The lowest BCUT2D eigenvalue weighted by atomic mass is 9.89. The second-order valence-electron chi connectivity index (χ2n) is 6.12. The number of hydrogen-bond donors (Lipinski definition) is 2. The van der Waals surface area contributed by atoms with E-state index in [1.165, 1.54) is 32.1 Å². The van der Waals surface area contributed by atoms with Crippen LogP contribution in [0.4, 0.5) is 0 Å². The third-order valence-corrected chi connectivity index (χ3v) is 4.44. The van der Waals surface area contributed by atoms with Gasteiger partial charge < -0.3 is 10.4 Å². The van der Waals surface area contributed by atoms with Gasteiger partial charge in [0.05, 0.1) is 0 Å². The van der Waals surface area contributed by atoms with E-state index in [9.17, 15) is 9.90 Å². The SMILES string of the molecule is O=C(/C=C/C1CCCCC1)NCC(CCO)c1ccccc1. The first-order valence-corrected chi connectivity index (χ1v) is 8.41. The van der Waals surface area contributed by atoms with E-state index >= 15 is 0 Å². The molecule has 0 aromatic heterocycles. The zero-order chi connectivity index (χ0) is 15.6. The Kier molecular flexibility index (Phi) is 7.17. The highest BCUT2D eigenvalue weighted by Gasteiger charge is 2.13. The van der Waals surface area contributed by atoms with Gasteiger partial charge >= 0.3 is 0 Å². The van der Waals surface area contributed by atoms with Crippen molar-refractivity contribution in [3.8, 4) is 0 Å². The van der Waals surface area contributed by atoms with Gasteiger partial charge in [0.25, 0.3) is 0 Å². The normalized spacial score (nSPS) is 17.5. The fraction of sp³-hybridized carbons (Fsp3) is 0.526. The molecular formula is C19H27NO2. The molecule has 3 nitrogen and oxygen atoms in total. The van der Waals surface area contributed by atoms with Crippen LogP contribution in [0, 0.1) is 5.92 Å². The van der Waals surface area contributed by atoms with Crippen molar-refractivity contribution in [2.45, 2.75) is 44.4 Å². The molecule has 0 spiro atoms. The number of benzene rings is 1. The van der Waals surface area contributed by atoms with Crippen LogP contribution in [0.1, 0.15) is 50.0 Å². The van der Waals surface area contributed by atoms with Gasteiger partial charge in [0.2, 0.25) is 5.91 Å². The van der Waals surface area contributed by atoms with Crippen LogP contribution in [0.5, 0.6) is 0 Å². The zero-order valence-corrected chi connectivity index (χ0v) is 13.2. The minimum atomic E-state index is -0.0237. The summed E-state index contributed by atoms with van der Waals surface area (Å²) in [4.78, 5) is 12.0. The van der Waals surface area contributed by atoms with E-state index in [0.29, 0.717) is 18.9 Å². The quantitative estimate of drug-likeness (QED) is 0.758. The smallest absolute Gasteiger partial charge is 0.243 e. The molecule has 120 valence electrons. The molecule has 1 amide bonds. The molecule has 1 unspecified atom stereocenters. The molecule has 3 heteroatoms. The first-order valence-electron chi connectivity index (χ1n) is 8.41. The van der Waals surface area contributed by atoms with Crippen molar-refractivity contribution in [2.24, 2.45) is 5.92 Å². The zero-order valence-electron chi connectivity index (χ0n) is 13.2. The average Bonchev–Trinajstić information content (AvgIpc) is 2.58. The van der Waals surface area contributed by atoms with Crippen molar-refractivity contribution in [3.63, 3.8) is 0 Å². The van der Waals surface area contributed by atoms with E-state index < -0.39 is 0 Å². The molecule has 1 aromatic rings. The summed E-state index contributed by atoms with van der Waals surface area (Å²) in [5.74, 6) is 0.713. The summed E-state index contributed by atoms with van der Waals surface area (Å²) < 4.78 is 0. The maximum Gasteiger partial charge on any atom is 0.243 e. The van der Waals surface area contributed by atoms with Gasteiger partial charge in [-0.15, -0.1) is 0 Å². The van der Waals surface area contributed by atoms with Gasteiger partial charge in [-0.2, -0.15) is 0 Å². The summed E-state index contributed by atoms with van der Waals surface area (Å²) in [6, 6.07) is 10.1. The van der Waals surface area contributed by atoms with Crippen molar-refractivity contribution in [3.05, 3.63) is 48.0 Å². The van der Waals surface area contributed by atoms with E-state index in [1.54, 1.807) is 6.08 Å². The molecule has 0 bridgehead atoms. The lowest BCUT2D eigenvalue weighted by Crippen LogP contribution is -2.27. The number of hydrogen-bond acceptors (Lipinski definition) is 2. The van der Waals surface area contributed by atoms with Crippen molar-refractivity contribution in [1.82, 2.24) is 5.32 Å². The summed E-state index contributed by atoms with van der Waals surface area (Å²) in [5.41, 5.74) is 1.16. The highest BCUT2D eigenvalue weighted by atomic mass is 16.3. The Balaban J connectivity index is 1.81. The molecule has 1 aromatic carbocycles. The molecule has 1 aliphatic rings. The van der Waals surface area contributed by atoms with Crippen LogP contribution in [-0.2, 0) is 4.79 Å². The Bertz CT molecular complexity index is 464. The lowest BCUT2D eigenvalue weighted by Gasteiger charge is -2.18. The van der Waals surface area contributed by atoms with Crippen molar-refractivity contribution in [1.29, 1.82) is 0 Å². The number of carbonyl (C=O) groups excluding carboxylic acids is 1. The largest absolute Gasteiger partial charge is 0.396 e. The predicted molar refractivity (Wildman–Crippen MR) is 89.6 cm³/mol. The fourth-order valence-electron chi connectivity index (χ4n) is 3.10. The van der Waals surface area contributed by atoms with E-state index in [2.05, 4.69) is 11.4 Å². The molecule has 0 radical (unpaired) electrons. The first-order chi connectivity index (χ1) is 10.8. The van der Waals surface area contributed by atoms with Gasteiger partial charge in [-0.1, -0.05) is 55.7 Å². The van der Waals surface area contributed by atoms with E-state index in [1.807, 2.05) is 30.3 Å². The molecule has 1 fully saturated rings. The van der Waals surface area contributed by atoms with Crippen LogP contribution < -0.4 is 5.32 Å². The predicted octanol–water partition coefficient (Wildman–Crippen LogP) is 3.41. The van der Waals surface area contributed by atoms with Crippen molar-refractivity contribution < 1.29 is 9.90 Å². The number of allylic oxidation sites excluding steroid dienone is 1. The standard InChI is InChI=1S/C19H27NO2/c21-14-13-18(17-9-5-2-6-10-17)15-20-19(22)12-11-16-7-3-1-4-8-16/h2,5-6,9-12,16,18,21H,1,3-4,7-8,13-15H2,(H,20,22)/b12-11+. The fourth-order valence-corrected chi connectivity index (χ4v) is 3.10. The second kappa shape index (κ2) is 9.42. The van der Waals surface area contributed by atoms with E-state index in [4.69, 9.17) is 0 Å². The molecule has 2 N–H and O–H groups in total. The van der Waals surface area contributed by atoms with Gasteiger partial charge in [-0.25, -0.2) is 0 Å². The van der Waals surface area contributed by atoms with Crippen LogP contribution in [-0.4, -0.2) is 24.2 Å².